The Morgan fingerprint density at radius 3 is 2.55 bits per heavy atom. The zero-order chi connectivity index (χ0) is 14.7. The van der Waals surface area contributed by atoms with Crippen molar-refractivity contribution in [2.75, 3.05) is 19.7 Å². The molecule has 1 aliphatic rings. The summed E-state index contributed by atoms with van der Waals surface area (Å²) in [6.07, 6.45) is 1.87. The smallest absolute Gasteiger partial charge is 0.329 e. The fraction of sp³-hybridized carbons (Fsp3) is 0.714. The number of nitrogens with zero attached hydrogens (tertiary/aromatic N) is 3. The van der Waals surface area contributed by atoms with Crippen LogP contribution >= 0.6 is 0 Å². The van der Waals surface area contributed by atoms with E-state index in [1.807, 2.05) is 18.7 Å². The second-order valence-corrected chi connectivity index (χ2v) is 5.45. The zero-order valence-corrected chi connectivity index (χ0v) is 12.4. The van der Waals surface area contributed by atoms with Crippen molar-refractivity contribution in [2.24, 2.45) is 7.05 Å². The molecule has 0 aliphatic carbocycles. The highest BCUT2D eigenvalue weighted by atomic mass is 16.5. The van der Waals surface area contributed by atoms with E-state index in [1.54, 1.807) is 0 Å². The zero-order valence-electron chi connectivity index (χ0n) is 12.4. The first-order valence-electron chi connectivity index (χ1n) is 7.02. The van der Waals surface area contributed by atoms with Gasteiger partial charge < -0.3 is 9.84 Å². The van der Waals surface area contributed by atoms with Crippen molar-refractivity contribution in [3.05, 3.63) is 17.0 Å². The van der Waals surface area contributed by atoms with E-state index < -0.39 is 5.97 Å². The third kappa shape index (κ3) is 3.58. The van der Waals surface area contributed by atoms with Gasteiger partial charge in [-0.15, -0.1) is 0 Å². The van der Waals surface area contributed by atoms with E-state index in [1.165, 1.54) is 11.3 Å². The Hall–Kier alpha value is -1.40. The number of hydrogen-bond acceptors (Lipinski definition) is 4. The van der Waals surface area contributed by atoms with Crippen molar-refractivity contribution < 1.29 is 14.6 Å². The number of carbonyl (C=O) groups is 1. The molecule has 0 atom stereocenters. The van der Waals surface area contributed by atoms with Crippen LogP contribution in [0, 0.1) is 13.8 Å². The quantitative estimate of drug-likeness (QED) is 0.875. The summed E-state index contributed by atoms with van der Waals surface area (Å²) in [7, 11) is 1.97. The van der Waals surface area contributed by atoms with Crippen LogP contribution in [-0.2, 0) is 23.1 Å². The van der Waals surface area contributed by atoms with Gasteiger partial charge in [0.05, 0.1) is 11.8 Å². The molecule has 2 heterocycles. The number of rotatable bonds is 5. The molecule has 1 aliphatic heterocycles. The molecular formula is C14H23N3O3. The summed E-state index contributed by atoms with van der Waals surface area (Å²) in [6, 6.07) is 0. The fourth-order valence-corrected chi connectivity index (χ4v) is 2.69. The van der Waals surface area contributed by atoms with E-state index in [4.69, 9.17) is 9.84 Å². The maximum Gasteiger partial charge on any atom is 0.329 e. The summed E-state index contributed by atoms with van der Waals surface area (Å²) in [4.78, 5) is 12.9. The first kappa shape index (κ1) is 15.0. The SMILES string of the molecule is Cc1nn(C)c(C)c1CN1CCC(OCC(=O)O)CC1. The number of piperidine rings is 1. The Balaban J connectivity index is 1.84. The summed E-state index contributed by atoms with van der Waals surface area (Å²) in [5.41, 5.74) is 3.61. The van der Waals surface area contributed by atoms with Gasteiger partial charge in [0.15, 0.2) is 0 Å². The molecule has 1 aromatic heterocycles. The summed E-state index contributed by atoms with van der Waals surface area (Å²) in [6.45, 7) is 6.75. The van der Waals surface area contributed by atoms with Crippen LogP contribution in [0.15, 0.2) is 0 Å². The van der Waals surface area contributed by atoms with E-state index in [-0.39, 0.29) is 12.7 Å². The lowest BCUT2D eigenvalue weighted by atomic mass is 10.1. The van der Waals surface area contributed by atoms with Crippen molar-refractivity contribution >= 4 is 5.97 Å². The van der Waals surface area contributed by atoms with Crippen molar-refractivity contribution in [1.29, 1.82) is 0 Å². The van der Waals surface area contributed by atoms with Crippen LogP contribution in [0.5, 0.6) is 0 Å². The van der Waals surface area contributed by atoms with E-state index in [9.17, 15) is 4.79 Å². The standard InChI is InChI=1S/C14H23N3O3/c1-10-13(11(2)16(3)15-10)8-17-6-4-12(5-7-17)20-9-14(18)19/h12H,4-9H2,1-3H3,(H,18,19). The van der Waals surface area contributed by atoms with E-state index in [0.29, 0.717) is 0 Å². The first-order valence-corrected chi connectivity index (χ1v) is 7.02. The van der Waals surface area contributed by atoms with Gasteiger partial charge in [-0.05, 0) is 26.7 Å². The molecule has 6 nitrogen and oxygen atoms in total. The molecule has 0 radical (unpaired) electrons. The van der Waals surface area contributed by atoms with Gasteiger partial charge in [-0.1, -0.05) is 0 Å². The third-order valence-electron chi connectivity index (χ3n) is 4.02. The number of aliphatic carboxylic acids is 1. The van der Waals surface area contributed by atoms with Gasteiger partial charge in [0.1, 0.15) is 6.61 Å². The monoisotopic (exact) mass is 281 g/mol. The number of ether oxygens (including phenoxy) is 1. The molecule has 0 amide bonds. The van der Waals surface area contributed by atoms with Crippen LogP contribution in [0.1, 0.15) is 29.8 Å². The van der Waals surface area contributed by atoms with Crippen LogP contribution < -0.4 is 0 Å². The molecule has 0 aromatic carbocycles. The Morgan fingerprint density at radius 1 is 1.40 bits per heavy atom. The second-order valence-electron chi connectivity index (χ2n) is 5.45. The molecule has 20 heavy (non-hydrogen) atoms. The molecule has 0 bridgehead atoms. The lowest BCUT2D eigenvalue weighted by Crippen LogP contribution is -2.37. The molecule has 0 unspecified atom stereocenters. The molecule has 1 saturated heterocycles. The normalized spacial score (nSPS) is 17.6. The average molecular weight is 281 g/mol. The molecule has 6 heteroatoms. The largest absolute Gasteiger partial charge is 0.480 e. The molecule has 112 valence electrons. The number of likely N-dealkylation sites (tertiary alicyclic amines) is 1. The Bertz CT molecular complexity index is 476. The predicted molar refractivity (Wildman–Crippen MR) is 74.6 cm³/mol. The summed E-state index contributed by atoms with van der Waals surface area (Å²) < 4.78 is 7.28. The van der Waals surface area contributed by atoms with Crippen molar-refractivity contribution in [1.82, 2.24) is 14.7 Å². The molecule has 0 spiro atoms. The number of aryl methyl sites for hydroxylation is 2. The maximum atomic E-state index is 10.5. The molecule has 1 fully saturated rings. The van der Waals surface area contributed by atoms with Crippen LogP contribution in [0.2, 0.25) is 0 Å². The predicted octanol–water partition coefficient (Wildman–Crippen LogP) is 1.10. The van der Waals surface area contributed by atoms with Gasteiger partial charge in [0, 0.05) is 37.9 Å². The number of carboxylic acid groups (broad SMARTS) is 1. The van der Waals surface area contributed by atoms with Gasteiger partial charge in [-0.3, -0.25) is 9.58 Å². The summed E-state index contributed by atoms with van der Waals surface area (Å²) in [5, 5.41) is 13.0. The maximum absolute atomic E-state index is 10.5. The van der Waals surface area contributed by atoms with Crippen LogP contribution in [0.25, 0.3) is 0 Å². The number of aromatic nitrogens is 2. The lowest BCUT2D eigenvalue weighted by molar-refractivity contribution is -0.145. The lowest BCUT2D eigenvalue weighted by Gasteiger charge is -2.31. The van der Waals surface area contributed by atoms with E-state index in [2.05, 4.69) is 16.9 Å². The Labute approximate surface area is 119 Å². The van der Waals surface area contributed by atoms with Gasteiger partial charge in [0.2, 0.25) is 0 Å². The Kier molecular flexibility index (Phi) is 4.77. The summed E-state index contributed by atoms with van der Waals surface area (Å²) >= 11 is 0. The second kappa shape index (κ2) is 6.37. The number of carboxylic acids is 1. The molecule has 1 aromatic rings. The fourth-order valence-electron chi connectivity index (χ4n) is 2.69. The topological polar surface area (TPSA) is 67.6 Å². The minimum absolute atomic E-state index is 0.0819. The van der Waals surface area contributed by atoms with Gasteiger partial charge in [-0.25, -0.2) is 4.79 Å². The van der Waals surface area contributed by atoms with Gasteiger partial charge in [0.25, 0.3) is 0 Å². The molecule has 2 rings (SSSR count). The van der Waals surface area contributed by atoms with Crippen molar-refractivity contribution in [3.8, 4) is 0 Å². The van der Waals surface area contributed by atoms with E-state index in [0.717, 1.165) is 38.2 Å². The van der Waals surface area contributed by atoms with Crippen LogP contribution in [0.3, 0.4) is 0 Å². The first-order chi connectivity index (χ1) is 9.47. The average Bonchev–Trinajstić information content (AvgIpc) is 2.64. The molecule has 0 saturated carbocycles. The Morgan fingerprint density at radius 2 is 2.05 bits per heavy atom. The molecular weight excluding hydrogens is 258 g/mol. The summed E-state index contributed by atoms with van der Waals surface area (Å²) in [5.74, 6) is -0.894. The highest BCUT2D eigenvalue weighted by Gasteiger charge is 2.22. The van der Waals surface area contributed by atoms with Gasteiger partial charge >= 0.3 is 5.97 Å². The molecule has 1 N–H and O–H groups in total. The van der Waals surface area contributed by atoms with Crippen molar-refractivity contribution in [3.63, 3.8) is 0 Å². The highest BCUT2D eigenvalue weighted by Crippen LogP contribution is 2.19. The van der Waals surface area contributed by atoms with Crippen LogP contribution in [0.4, 0.5) is 0 Å². The third-order valence-corrected chi connectivity index (χ3v) is 4.02. The van der Waals surface area contributed by atoms with Crippen LogP contribution in [-0.4, -0.2) is 51.6 Å². The van der Waals surface area contributed by atoms with Crippen molar-refractivity contribution in [2.45, 2.75) is 39.3 Å². The minimum atomic E-state index is -0.894. The minimum Gasteiger partial charge on any atom is -0.480 e. The van der Waals surface area contributed by atoms with Gasteiger partial charge in [-0.2, -0.15) is 5.10 Å². The highest BCUT2D eigenvalue weighted by molar-refractivity contribution is 5.68. The van der Waals surface area contributed by atoms with E-state index >= 15 is 0 Å². The number of hydrogen-bond donors (Lipinski definition) is 1.